The molecular formula is C12H11N3S2. The highest BCUT2D eigenvalue weighted by Crippen LogP contribution is 2.28. The molecule has 3 nitrogen and oxygen atoms in total. The van der Waals surface area contributed by atoms with Gasteiger partial charge in [0.25, 0.3) is 0 Å². The molecular weight excluding hydrogens is 250 g/mol. The second-order valence-corrected chi connectivity index (χ2v) is 5.09. The molecule has 0 aliphatic rings. The summed E-state index contributed by atoms with van der Waals surface area (Å²) in [5.74, 6) is 0. The fraction of sp³-hybridized carbons (Fsp3) is 0.167. The molecule has 0 saturated carbocycles. The molecule has 0 aliphatic heterocycles. The molecule has 5 heteroatoms. The molecule has 2 rings (SSSR count). The minimum absolute atomic E-state index is 0.629. The summed E-state index contributed by atoms with van der Waals surface area (Å²) in [6.45, 7) is 1.85. The van der Waals surface area contributed by atoms with Crippen molar-refractivity contribution in [2.75, 3.05) is 11.6 Å². The van der Waals surface area contributed by atoms with Crippen LogP contribution in [0.4, 0.5) is 10.7 Å². The van der Waals surface area contributed by atoms with Gasteiger partial charge in [0.05, 0.1) is 5.69 Å². The van der Waals surface area contributed by atoms with Gasteiger partial charge in [0.1, 0.15) is 16.6 Å². The van der Waals surface area contributed by atoms with Crippen LogP contribution in [-0.4, -0.2) is 10.6 Å². The van der Waals surface area contributed by atoms with Crippen molar-refractivity contribution in [2.45, 2.75) is 11.8 Å². The number of rotatable bonds is 3. The number of hydrogen-bond donors (Lipinski definition) is 1. The number of anilines is 2. The van der Waals surface area contributed by atoms with Crippen molar-refractivity contribution >= 4 is 34.0 Å². The van der Waals surface area contributed by atoms with Gasteiger partial charge in [0.15, 0.2) is 0 Å². The van der Waals surface area contributed by atoms with Crippen molar-refractivity contribution < 1.29 is 0 Å². The van der Waals surface area contributed by atoms with E-state index in [1.807, 2.05) is 25.3 Å². The fourth-order valence-electron chi connectivity index (χ4n) is 1.42. The zero-order valence-electron chi connectivity index (χ0n) is 9.52. The van der Waals surface area contributed by atoms with Gasteiger partial charge in [-0.05, 0) is 42.9 Å². The van der Waals surface area contributed by atoms with E-state index in [1.54, 1.807) is 11.8 Å². The molecule has 1 aromatic carbocycles. The zero-order valence-corrected chi connectivity index (χ0v) is 11.2. The van der Waals surface area contributed by atoms with E-state index in [0.717, 1.165) is 16.4 Å². The van der Waals surface area contributed by atoms with Gasteiger partial charge in [-0.15, -0.1) is 11.8 Å². The van der Waals surface area contributed by atoms with E-state index in [9.17, 15) is 0 Å². The lowest BCUT2D eigenvalue weighted by atomic mass is 10.2. The van der Waals surface area contributed by atoms with Crippen molar-refractivity contribution in [1.29, 1.82) is 5.26 Å². The second-order valence-electron chi connectivity index (χ2n) is 3.44. The number of nitriles is 1. The van der Waals surface area contributed by atoms with Crippen molar-refractivity contribution in [1.82, 2.24) is 4.37 Å². The van der Waals surface area contributed by atoms with E-state index < -0.39 is 0 Å². The molecule has 0 amide bonds. The lowest BCUT2D eigenvalue weighted by molar-refractivity contribution is 1.31. The standard InChI is InChI=1S/C12H11N3S2/c1-8-11(7-13)12(17-15-8)14-9-4-3-5-10(6-9)16-2/h3-6,14H,1-2H3. The van der Waals surface area contributed by atoms with Gasteiger partial charge in [-0.1, -0.05) is 6.07 Å². The quantitative estimate of drug-likeness (QED) is 0.854. The number of nitrogens with one attached hydrogen (secondary N) is 1. The van der Waals surface area contributed by atoms with E-state index in [2.05, 4.69) is 27.9 Å². The topological polar surface area (TPSA) is 48.7 Å². The highest BCUT2D eigenvalue weighted by Gasteiger charge is 2.09. The highest BCUT2D eigenvalue weighted by molar-refractivity contribution is 7.98. The van der Waals surface area contributed by atoms with Crippen LogP contribution in [0, 0.1) is 18.3 Å². The van der Waals surface area contributed by atoms with Gasteiger partial charge in [0.2, 0.25) is 0 Å². The molecule has 17 heavy (non-hydrogen) atoms. The van der Waals surface area contributed by atoms with Crippen LogP contribution in [0.3, 0.4) is 0 Å². The highest BCUT2D eigenvalue weighted by atomic mass is 32.2. The Morgan fingerprint density at radius 1 is 1.47 bits per heavy atom. The number of thioether (sulfide) groups is 1. The largest absolute Gasteiger partial charge is 0.345 e. The Hall–Kier alpha value is -1.51. The Bertz CT molecular complexity index is 569. The Kier molecular flexibility index (Phi) is 3.67. The summed E-state index contributed by atoms with van der Waals surface area (Å²) in [6, 6.07) is 10.3. The summed E-state index contributed by atoms with van der Waals surface area (Å²) in [6.07, 6.45) is 2.04. The number of aromatic nitrogens is 1. The third kappa shape index (κ3) is 2.60. The number of benzene rings is 1. The van der Waals surface area contributed by atoms with Crippen LogP contribution in [-0.2, 0) is 0 Å². The first-order chi connectivity index (χ1) is 8.24. The van der Waals surface area contributed by atoms with Crippen LogP contribution in [0.25, 0.3) is 0 Å². The third-order valence-electron chi connectivity index (χ3n) is 2.30. The van der Waals surface area contributed by atoms with Crippen LogP contribution in [0.1, 0.15) is 11.3 Å². The van der Waals surface area contributed by atoms with Crippen LogP contribution in [0.2, 0.25) is 0 Å². The molecule has 0 atom stereocenters. The van der Waals surface area contributed by atoms with E-state index >= 15 is 0 Å². The van der Waals surface area contributed by atoms with Crippen molar-refractivity contribution in [3.05, 3.63) is 35.5 Å². The maximum Gasteiger partial charge on any atom is 0.132 e. The number of hydrogen-bond acceptors (Lipinski definition) is 5. The monoisotopic (exact) mass is 261 g/mol. The molecule has 0 unspecified atom stereocenters. The average Bonchev–Trinajstić information content (AvgIpc) is 2.70. The summed E-state index contributed by atoms with van der Waals surface area (Å²) in [5, 5.41) is 13.1. The first-order valence-corrected chi connectivity index (χ1v) is 7.02. The number of nitrogens with zero attached hydrogens (tertiary/aromatic N) is 2. The second kappa shape index (κ2) is 5.21. The molecule has 2 aromatic rings. The molecule has 0 fully saturated rings. The first kappa shape index (κ1) is 12.0. The summed E-state index contributed by atoms with van der Waals surface area (Å²) >= 11 is 3.01. The minimum Gasteiger partial charge on any atom is -0.345 e. The van der Waals surface area contributed by atoms with E-state index in [0.29, 0.717) is 5.56 Å². The number of aryl methyl sites for hydroxylation is 1. The van der Waals surface area contributed by atoms with E-state index in [1.165, 1.54) is 16.4 Å². The molecule has 0 aliphatic carbocycles. The van der Waals surface area contributed by atoms with Crippen LogP contribution in [0.5, 0.6) is 0 Å². The van der Waals surface area contributed by atoms with Crippen LogP contribution in [0.15, 0.2) is 29.2 Å². The Morgan fingerprint density at radius 2 is 2.29 bits per heavy atom. The third-order valence-corrected chi connectivity index (χ3v) is 3.88. The van der Waals surface area contributed by atoms with Crippen molar-refractivity contribution in [3.8, 4) is 6.07 Å². The molecule has 86 valence electrons. The Balaban J connectivity index is 2.28. The van der Waals surface area contributed by atoms with Gasteiger partial charge in [-0.2, -0.15) is 9.64 Å². The maximum absolute atomic E-state index is 9.04. The lowest BCUT2D eigenvalue weighted by Gasteiger charge is -2.05. The Morgan fingerprint density at radius 3 is 3.00 bits per heavy atom. The van der Waals surface area contributed by atoms with Crippen LogP contribution >= 0.6 is 23.3 Å². The molecule has 0 saturated heterocycles. The Labute approximate surface area is 109 Å². The molecule has 0 bridgehead atoms. The van der Waals surface area contributed by atoms with E-state index in [4.69, 9.17) is 5.26 Å². The zero-order chi connectivity index (χ0) is 12.3. The smallest absolute Gasteiger partial charge is 0.132 e. The summed E-state index contributed by atoms with van der Waals surface area (Å²) in [4.78, 5) is 1.19. The summed E-state index contributed by atoms with van der Waals surface area (Å²) in [5.41, 5.74) is 2.39. The minimum atomic E-state index is 0.629. The van der Waals surface area contributed by atoms with Gasteiger partial charge < -0.3 is 5.32 Å². The molecule has 1 aromatic heterocycles. The summed E-state index contributed by atoms with van der Waals surface area (Å²) in [7, 11) is 0. The molecule has 0 spiro atoms. The normalized spacial score (nSPS) is 9.94. The van der Waals surface area contributed by atoms with Gasteiger partial charge in [-0.25, -0.2) is 0 Å². The van der Waals surface area contributed by atoms with Crippen molar-refractivity contribution in [3.63, 3.8) is 0 Å². The predicted octanol–water partition coefficient (Wildman–Crippen LogP) is 3.79. The van der Waals surface area contributed by atoms with Crippen LogP contribution < -0.4 is 5.32 Å². The molecule has 1 N–H and O–H groups in total. The maximum atomic E-state index is 9.04. The average molecular weight is 261 g/mol. The van der Waals surface area contributed by atoms with E-state index in [-0.39, 0.29) is 0 Å². The summed E-state index contributed by atoms with van der Waals surface area (Å²) < 4.78 is 4.18. The van der Waals surface area contributed by atoms with Gasteiger partial charge in [-0.3, -0.25) is 0 Å². The first-order valence-electron chi connectivity index (χ1n) is 5.02. The molecule has 1 heterocycles. The fourth-order valence-corrected chi connectivity index (χ4v) is 2.65. The van der Waals surface area contributed by atoms with Crippen molar-refractivity contribution in [2.24, 2.45) is 0 Å². The van der Waals surface area contributed by atoms with Gasteiger partial charge >= 0.3 is 0 Å². The lowest BCUT2D eigenvalue weighted by Crippen LogP contribution is -1.90. The predicted molar refractivity (Wildman–Crippen MR) is 73.1 cm³/mol. The molecule has 0 radical (unpaired) electrons. The SMILES string of the molecule is CSc1cccc(Nc2snc(C)c2C#N)c1. The van der Waals surface area contributed by atoms with Gasteiger partial charge in [0, 0.05) is 10.6 Å².